The number of nitro groups is 1. The fourth-order valence-electron chi connectivity index (χ4n) is 1.54. The first-order valence-corrected chi connectivity index (χ1v) is 6.00. The van der Waals surface area contributed by atoms with E-state index in [4.69, 9.17) is 10.1 Å². The molecule has 1 aromatic rings. The predicted molar refractivity (Wildman–Crippen MR) is 74.0 cm³/mol. The molecule has 0 heterocycles. The minimum Gasteiger partial charge on any atom is -0.463 e. The molecule has 1 aromatic carbocycles. The van der Waals surface area contributed by atoms with Crippen LogP contribution in [0.15, 0.2) is 24.3 Å². The third kappa shape index (κ3) is 4.79. The van der Waals surface area contributed by atoms with Gasteiger partial charge < -0.3 is 10.1 Å². The van der Waals surface area contributed by atoms with Crippen molar-refractivity contribution in [2.45, 2.75) is 18.4 Å². The summed E-state index contributed by atoms with van der Waals surface area (Å²) in [6, 6.07) is 5.04. The van der Waals surface area contributed by atoms with E-state index < -0.39 is 17.1 Å². The molecule has 0 unspecified atom stereocenters. The average Bonchev–Trinajstić information content (AvgIpc) is 2.44. The maximum atomic E-state index is 12.9. The fraction of sp³-hybridized carbons (Fsp3) is 0.333. The van der Waals surface area contributed by atoms with E-state index in [0.717, 1.165) is 0 Å². The SMILES string of the molecule is B[C@@H](COC(=O)c1ccc([N+](=O)[O-])cc1)C[C@H](F)C=N. The number of hydrogen-bond acceptors (Lipinski definition) is 5. The number of hydrogen-bond donors (Lipinski definition) is 1. The second-order valence-electron chi connectivity index (χ2n) is 4.43. The van der Waals surface area contributed by atoms with Crippen LogP contribution in [-0.2, 0) is 4.74 Å². The van der Waals surface area contributed by atoms with Crippen molar-refractivity contribution in [1.82, 2.24) is 0 Å². The van der Waals surface area contributed by atoms with Gasteiger partial charge in [-0.15, -0.1) is 0 Å². The summed E-state index contributed by atoms with van der Waals surface area (Å²) in [6.45, 7) is 0.0318. The molecule has 0 aliphatic heterocycles. The van der Waals surface area contributed by atoms with E-state index in [0.29, 0.717) is 6.21 Å². The molecule has 0 saturated heterocycles. The van der Waals surface area contributed by atoms with Crippen molar-refractivity contribution < 1.29 is 18.8 Å². The molecule has 0 aliphatic rings. The number of carbonyl (C=O) groups is 1. The number of non-ortho nitro benzene ring substituents is 1. The molecule has 1 N–H and O–H groups in total. The monoisotopic (exact) mass is 280 g/mol. The molecule has 0 aromatic heterocycles. The quantitative estimate of drug-likeness (QED) is 0.269. The molecule has 2 atom stereocenters. The smallest absolute Gasteiger partial charge is 0.338 e. The lowest BCUT2D eigenvalue weighted by molar-refractivity contribution is -0.384. The van der Waals surface area contributed by atoms with Gasteiger partial charge in [-0.2, -0.15) is 0 Å². The van der Waals surface area contributed by atoms with Crippen LogP contribution in [0.2, 0.25) is 5.82 Å². The molecule has 0 amide bonds. The third-order valence-electron chi connectivity index (χ3n) is 2.62. The molecule has 0 spiro atoms. The number of esters is 1. The summed E-state index contributed by atoms with van der Waals surface area (Å²) in [5.74, 6) is -0.828. The molecular weight excluding hydrogens is 266 g/mol. The van der Waals surface area contributed by atoms with E-state index in [1.165, 1.54) is 24.3 Å². The van der Waals surface area contributed by atoms with Crippen LogP contribution in [-0.4, -0.2) is 37.7 Å². The summed E-state index contributed by atoms with van der Waals surface area (Å²) in [5.41, 5.74) is 0.0906. The van der Waals surface area contributed by atoms with Crippen molar-refractivity contribution >= 4 is 25.7 Å². The number of nitrogens with one attached hydrogen (secondary N) is 1. The number of benzene rings is 1. The van der Waals surface area contributed by atoms with Gasteiger partial charge in [-0.3, -0.25) is 10.1 Å². The zero-order valence-corrected chi connectivity index (χ0v) is 10.9. The first-order valence-electron chi connectivity index (χ1n) is 6.00. The highest BCUT2D eigenvalue weighted by atomic mass is 19.1. The zero-order chi connectivity index (χ0) is 15.1. The number of rotatable bonds is 7. The Labute approximate surface area is 116 Å². The van der Waals surface area contributed by atoms with Crippen molar-refractivity contribution in [1.29, 1.82) is 5.41 Å². The fourth-order valence-corrected chi connectivity index (χ4v) is 1.54. The minimum atomic E-state index is -1.34. The summed E-state index contributed by atoms with van der Waals surface area (Å²) in [7, 11) is 1.71. The number of alkyl halides is 1. The van der Waals surface area contributed by atoms with Crippen LogP contribution in [0, 0.1) is 15.5 Å². The van der Waals surface area contributed by atoms with Crippen LogP contribution in [0.25, 0.3) is 0 Å². The predicted octanol–water partition coefficient (Wildman–Crippen LogP) is 1.55. The number of ether oxygens (including phenoxy) is 1. The van der Waals surface area contributed by atoms with E-state index in [9.17, 15) is 19.3 Å². The molecule has 0 radical (unpaired) electrons. The Kier molecular flexibility index (Phi) is 5.83. The summed E-state index contributed by atoms with van der Waals surface area (Å²) in [4.78, 5) is 21.6. The van der Waals surface area contributed by atoms with Crippen molar-refractivity contribution in [3.8, 4) is 0 Å². The van der Waals surface area contributed by atoms with E-state index in [-0.39, 0.29) is 30.1 Å². The van der Waals surface area contributed by atoms with Gasteiger partial charge in [0.25, 0.3) is 5.69 Å². The number of nitro benzene ring substituents is 1. The Morgan fingerprint density at radius 3 is 2.60 bits per heavy atom. The molecule has 0 saturated carbocycles. The highest BCUT2D eigenvalue weighted by molar-refractivity contribution is 6.12. The Bertz CT molecular complexity index is 495. The largest absolute Gasteiger partial charge is 0.463 e. The lowest BCUT2D eigenvalue weighted by atomic mass is 9.84. The summed E-state index contributed by atoms with van der Waals surface area (Å²) in [5, 5.41) is 17.2. The van der Waals surface area contributed by atoms with Gasteiger partial charge in [-0.1, -0.05) is 0 Å². The normalized spacial score (nSPS) is 13.2. The summed E-state index contributed by atoms with van der Waals surface area (Å²) in [6.07, 6.45) is -0.533. The molecule has 8 heteroatoms. The molecule has 0 fully saturated rings. The van der Waals surface area contributed by atoms with Crippen LogP contribution in [0.4, 0.5) is 10.1 Å². The van der Waals surface area contributed by atoms with E-state index in [1.807, 2.05) is 0 Å². The maximum Gasteiger partial charge on any atom is 0.338 e. The van der Waals surface area contributed by atoms with Gasteiger partial charge in [0.2, 0.25) is 0 Å². The zero-order valence-electron chi connectivity index (χ0n) is 10.9. The average molecular weight is 280 g/mol. The molecule has 20 heavy (non-hydrogen) atoms. The van der Waals surface area contributed by atoms with E-state index in [2.05, 4.69) is 0 Å². The Hall–Kier alpha value is -2.25. The van der Waals surface area contributed by atoms with Gasteiger partial charge in [0.1, 0.15) is 14.0 Å². The molecule has 1 rings (SSSR count). The van der Waals surface area contributed by atoms with Crippen LogP contribution in [0.1, 0.15) is 16.8 Å². The summed E-state index contributed by atoms with van der Waals surface area (Å²) >= 11 is 0. The van der Waals surface area contributed by atoms with Crippen LogP contribution in [0.3, 0.4) is 0 Å². The number of halogens is 1. The standard InChI is InChI=1S/C12H14BFN2O4/c13-9(5-10(14)6-15)7-20-12(17)8-1-3-11(4-2-8)16(18)19/h1-4,6,9-10,15H,5,7,13H2/t9-,10+/m1/s1. The second-order valence-corrected chi connectivity index (χ2v) is 4.43. The van der Waals surface area contributed by atoms with Crippen molar-refractivity contribution in [3.05, 3.63) is 39.9 Å². The Balaban J connectivity index is 2.50. The van der Waals surface area contributed by atoms with Crippen molar-refractivity contribution in [2.75, 3.05) is 6.61 Å². The first kappa shape index (κ1) is 15.8. The molecule has 0 bridgehead atoms. The lowest BCUT2D eigenvalue weighted by Gasteiger charge is -2.12. The molecule has 106 valence electrons. The minimum absolute atomic E-state index is 0.0318. The van der Waals surface area contributed by atoms with Gasteiger partial charge in [-0.25, -0.2) is 9.18 Å². The van der Waals surface area contributed by atoms with Crippen molar-refractivity contribution in [2.24, 2.45) is 0 Å². The third-order valence-corrected chi connectivity index (χ3v) is 2.62. The molecule has 0 aliphatic carbocycles. The number of carbonyl (C=O) groups excluding carboxylic acids is 1. The van der Waals surface area contributed by atoms with Gasteiger partial charge >= 0.3 is 5.97 Å². The van der Waals surface area contributed by atoms with Gasteiger partial charge in [0.15, 0.2) is 0 Å². The van der Waals surface area contributed by atoms with E-state index in [1.54, 1.807) is 7.85 Å². The highest BCUT2D eigenvalue weighted by Crippen LogP contribution is 2.15. The molecule has 6 nitrogen and oxygen atoms in total. The molecular formula is C12H14BFN2O4. The second kappa shape index (κ2) is 7.37. The van der Waals surface area contributed by atoms with Gasteiger partial charge in [0, 0.05) is 18.3 Å². The van der Waals surface area contributed by atoms with E-state index >= 15 is 0 Å². The van der Waals surface area contributed by atoms with Crippen LogP contribution in [0.5, 0.6) is 0 Å². The van der Waals surface area contributed by atoms with Crippen LogP contribution < -0.4 is 0 Å². The van der Waals surface area contributed by atoms with Gasteiger partial charge in [-0.05, 0) is 24.4 Å². The van der Waals surface area contributed by atoms with Crippen LogP contribution >= 0.6 is 0 Å². The van der Waals surface area contributed by atoms with Crippen molar-refractivity contribution in [3.63, 3.8) is 0 Å². The Morgan fingerprint density at radius 2 is 2.10 bits per heavy atom. The number of nitrogens with zero attached hydrogens (tertiary/aromatic N) is 1. The topological polar surface area (TPSA) is 93.3 Å². The van der Waals surface area contributed by atoms with Gasteiger partial charge in [0.05, 0.1) is 17.1 Å². The Morgan fingerprint density at radius 1 is 1.50 bits per heavy atom. The lowest BCUT2D eigenvalue weighted by Crippen LogP contribution is -2.14. The first-order chi connectivity index (χ1) is 9.43. The highest BCUT2D eigenvalue weighted by Gasteiger charge is 2.14. The maximum absolute atomic E-state index is 12.9. The summed E-state index contributed by atoms with van der Waals surface area (Å²) < 4.78 is 17.9.